The van der Waals surface area contributed by atoms with Gasteiger partial charge in [-0.15, -0.1) is 0 Å². The minimum Gasteiger partial charge on any atom is -0.475 e. The zero-order chi connectivity index (χ0) is 18.7. The maximum Gasteiger partial charge on any atom is 0.372 e. The molecule has 1 heterocycles. The van der Waals surface area contributed by atoms with Gasteiger partial charge in [0.1, 0.15) is 0 Å². The van der Waals surface area contributed by atoms with Gasteiger partial charge in [0.2, 0.25) is 5.76 Å². The van der Waals surface area contributed by atoms with E-state index in [-0.39, 0.29) is 17.7 Å². The summed E-state index contributed by atoms with van der Waals surface area (Å²) in [5, 5.41) is 13.3. The fraction of sp³-hybridized carbons (Fsp3) is 0.238. The summed E-state index contributed by atoms with van der Waals surface area (Å²) in [5.41, 5.74) is 1.32. The van der Waals surface area contributed by atoms with E-state index in [1.807, 2.05) is 30.3 Å². The molecule has 0 aliphatic rings. The Labute approximate surface area is 151 Å². The molecule has 1 unspecified atom stereocenters. The van der Waals surface area contributed by atoms with Crippen LogP contribution in [0.1, 0.15) is 52.8 Å². The molecule has 1 aromatic heterocycles. The molecule has 0 saturated carbocycles. The van der Waals surface area contributed by atoms with Crippen LogP contribution in [0.4, 0.5) is 0 Å². The number of nitrogens with one attached hydrogen (secondary N) is 1. The summed E-state index contributed by atoms with van der Waals surface area (Å²) < 4.78 is 5.14. The third kappa shape index (κ3) is 3.61. The van der Waals surface area contributed by atoms with Crippen molar-refractivity contribution >= 4 is 22.6 Å². The summed E-state index contributed by atoms with van der Waals surface area (Å²) in [6.07, 6.45) is 2.14. The molecule has 0 aliphatic heterocycles. The first-order valence-corrected chi connectivity index (χ1v) is 8.56. The van der Waals surface area contributed by atoms with Crippen LogP contribution in [-0.4, -0.2) is 17.0 Å². The van der Waals surface area contributed by atoms with Crippen molar-refractivity contribution in [3.8, 4) is 0 Å². The standard InChI is InChI=1S/C21H21NO4/c1-13(2)11-17(14-7-4-3-5-8-14)22-20(23)16-10-6-9-15-12-26-19(18(15)16)21(24)25/h3-10,12-13,17H,11H2,1-2H3,(H,22,23)(H,24,25). The van der Waals surface area contributed by atoms with Gasteiger partial charge in [-0.3, -0.25) is 4.79 Å². The summed E-state index contributed by atoms with van der Waals surface area (Å²) in [5.74, 6) is -1.33. The lowest BCUT2D eigenvalue weighted by molar-refractivity contribution is 0.0665. The van der Waals surface area contributed by atoms with E-state index in [0.29, 0.717) is 22.3 Å². The Kier molecular flexibility index (Phi) is 5.07. The number of amides is 1. The zero-order valence-corrected chi connectivity index (χ0v) is 14.7. The average Bonchev–Trinajstić information content (AvgIpc) is 3.06. The predicted molar refractivity (Wildman–Crippen MR) is 99.3 cm³/mol. The van der Waals surface area contributed by atoms with Crippen molar-refractivity contribution in [1.29, 1.82) is 0 Å². The van der Waals surface area contributed by atoms with E-state index < -0.39 is 5.97 Å². The van der Waals surface area contributed by atoms with E-state index >= 15 is 0 Å². The van der Waals surface area contributed by atoms with Crippen molar-refractivity contribution < 1.29 is 19.1 Å². The lowest BCUT2D eigenvalue weighted by Gasteiger charge is -2.21. The Bertz CT molecular complexity index is 928. The number of carboxylic acid groups (broad SMARTS) is 1. The summed E-state index contributed by atoms with van der Waals surface area (Å²) in [6.45, 7) is 4.20. The first-order chi connectivity index (χ1) is 12.5. The molecule has 5 nitrogen and oxygen atoms in total. The van der Waals surface area contributed by atoms with Gasteiger partial charge >= 0.3 is 5.97 Å². The zero-order valence-electron chi connectivity index (χ0n) is 14.7. The summed E-state index contributed by atoms with van der Waals surface area (Å²) in [7, 11) is 0. The number of benzene rings is 2. The van der Waals surface area contributed by atoms with Crippen molar-refractivity contribution in [1.82, 2.24) is 5.32 Å². The van der Waals surface area contributed by atoms with Crippen molar-refractivity contribution in [3.63, 3.8) is 0 Å². The Morgan fingerprint density at radius 2 is 1.81 bits per heavy atom. The lowest BCUT2D eigenvalue weighted by Crippen LogP contribution is -2.29. The topological polar surface area (TPSA) is 79.5 Å². The van der Waals surface area contributed by atoms with Crippen LogP contribution in [0.3, 0.4) is 0 Å². The largest absolute Gasteiger partial charge is 0.475 e. The molecular formula is C21H21NO4. The van der Waals surface area contributed by atoms with E-state index in [9.17, 15) is 14.7 Å². The molecule has 0 fully saturated rings. The molecule has 0 spiro atoms. The third-order valence-corrected chi connectivity index (χ3v) is 4.28. The highest BCUT2D eigenvalue weighted by Crippen LogP contribution is 2.27. The molecule has 3 rings (SSSR count). The minimum absolute atomic E-state index is 0.154. The van der Waals surface area contributed by atoms with Crippen LogP contribution in [-0.2, 0) is 0 Å². The van der Waals surface area contributed by atoms with E-state index in [2.05, 4.69) is 19.2 Å². The van der Waals surface area contributed by atoms with Gasteiger partial charge in [-0.2, -0.15) is 0 Å². The second kappa shape index (κ2) is 7.44. The molecule has 2 N–H and O–H groups in total. The Hall–Kier alpha value is -3.08. The van der Waals surface area contributed by atoms with Crippen LogP contribution >= 0.6 is 0 Å². The third-order valence-electron chi connectivity index (χ3n) is 4.28. The SMILES string of the molecule is CC(C)CC(NC(=O)c1cccc2coc(C(=O)O)c12)c1ccccc1. The molecule has 5 heteroatoms. The van der Waals surface area contributed by atoms with Crippen molar-refractivity contribution in [2.24, 2.45) is 5.92 Å². The summed E-state index contributed by atoms with van der Waals surface area (Å²) in [6, 6.07) is 14.7. The van der Waals surface area contributed by atoms with E-state index in [1.54, 1.807) is 18.2 Å². The molecule has 3 aromatic rings. The van der Waals surface area contributed by atoms with Crippen LogP contribution in [0.25, 0.3) is 10.8 Å². The Morgan fingerprint density at radius 3 is 2.46 bits per heavy atom. The maximum atomic E-state index is 13.0. The second-order valence-electron chi connectivity index (χ2n) is 6.71. The van der Waals surface area contributed by atoms with Gasteiger partial charge in [-0.1, -0.05) is 56.3 Å². The molecular weight excluding hydrogens is 330 g/mol. The molecule has 1 atom stereocenters. The average molecular weight is 351 g/mol. The van der Waals surface area contributed by atoms with Gasteiger partial charge < -0.3 is 14.8 Å². The Balaban J connectivity index is 1.97. The van der Waals surface area contributed by atoms with Crippen LogP contribution in [0, 0.1) is 5.92 Å². The molecule has 0 saturated heterocycles. The number of carbonyl (C=O) groups is 2. The first kappa shape index (κ1) is 17.7. The molecule has 2 aromatic carbocycles. The molecule has 26 heavy (non-hydrogen) atoms. The molecule has 1 amide bonds. The number of rotatable bonds is 6. The maximum absolute atomic E-state index is 13.0. The highest BCUT2D eigenvalue weighted by molar-refractivity contribution is 6.13. The highest BCUT2D eigenvalue weighted by atomic mass is 16.4. The van der Waals surface area contributed by atoms with Crippen LogP contribution < -0.4 is 5.32 Å². The van der Waals surface area contributed by atoms with Crippen LogP contribution in [0.5, 0.6) is 0 Å². The Morgan fingerprint density at radius 1 is 1.08 bits per heavy atom. The van der Waals surface area contributed by atoms with Crippen molar-refractivity contribution in [2.75, 3.05) is 0 Å². The summed E-state index contributed by atoms with van der Waals surface area (Å²) in [4.78, 5) is 24.4. The quantitative estimate of drug-likeness (QED) is 0.677. The fourth-order valence-electron chi connectivity index (χ4n) is 3.12. The predicted octanol–water partition coefficient (Wildman–Crippen LogP) is 4.65. The van der Waals surface area contributed by atoms with E-state index in [1.165, 1.54) is 6.26 Å². The van der Waals surface area contributed by atoms with Crippen molar-refractivity contribution in [3.05, 3.63) is 71.7 Å². The van der Waals surface area contributed by atoms with Crippen LogP contribution in [0.15, 0.2) is 59.2 Å². The highest BCUT2D eigenvalue weighted by Gasteiger charge is 2.23. The van der Waals surface area contributed by atoms with Crippen LogP contribution in [0.2, 0.25) is 0 Å². The number of fused-ring (bicyclic) bond motifs is 1. The second-order valence-corrected chi connectivity index (χ2v) is 6.71. The van der Waals surface area contributed by atoms with E-state index in [0.717, 1.165) is 12.0 Å². The summed E-state index contributed by atoms with van der Waals surface area (Å²) >= 11 is 0. The monoisotopic (exact) mass is 351 g/mol. The molecule has 0 aliphatic carbocycles. The van der Waals surface area contributed by atoms with Gasteiger partial charge in [0.05, 0.1) is 17.9 Å². The van der Waals surface area contributed by atoms with Gasteiger partial charge in [0, 0.05) is 10.8 Å². The van der Waals surface area contributed by atoms with Crippen molar-refractivity contribution in [2.45, 2.75) is 26.3 Å². The number of hydrogen-bond acceptors (Lipinski definition) is 3. The van der Waals surface area contributed by atoms with Gasteiger partial charge in [0.25, 0.3) is 5.91 Å². The van der Waals surface area contributed by atoms with Gasteiger partial charge in [0.15, 0.2) is 0 Å². The number of hydrogen-bond donors (Lipinski definition) is 2. The van der Waals surface area contributed by atoms with Gasteiger partial charge in [-0.25, -0.2) is 4.79 Å². The number of furan rings is 1. The number of carboxylic acids is 1. The molecule has 134 valence electrons. The lowest BCUT2D eigenvalue weighted by atomic mass is 9.96. The number of carbonyl (C=O) groups excluding carboxylic acids is 1. The van der Waals surface area contributed by atoms with Gasteiger partial charge in [-0.05, 0) is 24.0 Å². The van der Waals surface area contributed by atoms with E-state index in [4.69, 9.17) is 4.42 Å². The normalized spacial score (nSPS) is 12.3. The number of aromatic carboxylic acids is 1. The smallest absolute Gasteiger partial charge is 0.372 e. The molecule has 0 bridgehead atoms. The molecule has 0 radical (unpaired) electrons. The minimum atomic E-state index is -1.19. The fourth-order valence-corrected chi connectivity index (χ4v) is 3.12. The first-order valence-electron chi connectivity index (χ1n) is 8.56.